The second kappa shape index (κ2) is 12.6. The van der Waals surface area contributed by atoms with E-state index in [0.717, 1.165) is 9.79 Å². The van der Waals surface area contributed by atoms with Crippen molar-refractivity contribution >= 4 is 29.5 Å². The fourth-order valence-corrected chi connectivity index (χ4v) is 10.1. The molecule has 0 nitrogen and oxygen atoms in total. The van der Waals surface area contributed by atoms with Gasteiger partial charge in [-0.25, -0.2) is 0 Å². The molecule has 0 aromatic heterocycles. The molecule has 4 rings (SSSR count). The molecule has 0 heterocycles. The molecule has 0 saturated carbocycles. The largest absolute Gasteiger partial charge is 0.780 e. The molecule has 0 amide bonds. The summed E-state index contributed by atoms with van der Waals surface area (Å²) in [7, 11) is 0. The van der Waals surface area contributed by atoms with Crippen molar-refractivity contribution in [2.75, 3.05) is 0 Å². The van der Waals surface area contributed by atoms with Crippen molar-refractivity contribution in [3.05, 3.63) is 102 Å². The summed E-state index contributed by atoms with van der Waals surface area (Å²) >= 11 is 7.86. The first-order valence-corrected chi connectivity index (χ1v) is 15.6. The van der Waals surface area contributed by atoms with Crippen LogP contribution in [0.2, 0.25) is 0 Å². The van der Waals surface area contributed by atoms with Gasteiger partial charge in [-0.2, -0.15) is 9.79 Å². The van der Waals surface area contributed by atoms with Crippen LogP contribution in [0.3, 0.4) is 0 Å². The van der Waals surface area contributed by atoms with Gasteiger partial charge in [0.2, 0.25) is 0 Å². The zero-order valence-electron chi connectivity index (χ0n) is 19.2. The summed E-state index contributed by atoms with van der Waals surface area (Å²) in [5.74, 6) is 0.656. The van der Waals surface area contributed by atoms with E-state index in [1.54, 1.807) is 17.7 Å². The van der Waals surface area contributed by atoms with Gasteiger partial charge in [0.1, 0.15) is 0 Å². The van der Waals surface area contributed by atoms with Crippen LogP contribution in [0.15, 0.2) is 111 Å². The zero-order valence-corrected chi connectivity index (χ0v) is 23.3. The van der Waals surface area contributed by atoms with Gasteiger partial charge in [-0.05, 0) is 0 Å². The average Bonchev–Trinajstić information content (AvgIpc) is 3.27. The van der Waals surface area contributed by atoms with Gasteiger partial charge in [0.25, 0.3) is 0 Å². The van der Waals surface area contributed by atoms with E-state index in [4.69, 9.17) is 25.3 Å². The summed E-state index contributed by atoms with van der Waals surface area (Å²) < 4.78 is 8.02. The van der Waals surface area contributed by atoms with Crippen LogP contribution >= 0.6 is 0 Å². The van der Waals surface area contributed by atoms with E-state index in [0.29, 0.717) is 5.92 Å². The first-order valence-electron chi connectivity index (χ1n) is 10.6. The quantitative estimate of drug-likeness (QED) is 0.370. The smallest absolute Gasteiger partial charge is 0.0624 e. The topological polar surface area (TPSA) is 0 Å². The van der Waals surface area contributed by atoms with Crippen molar-refractivity contribution in [1.29, 1.82) is 0 Å². The van der Waals surface area contributed by atoms with Crippen molar-refractivity contribution in [2.45, 2.75) is 50.8 Å². The monoisotopic (exact) mass is 522 g/mol. The van der Waals surface area contributed by atoms with Gasteiger partial charge in [0.05, 0.1) is 0 Å². The van der Waals surface area contributed by atoms with Crippen LogP contribution in [-0.4, -0.2) is 4.21 Å². The summed E-state index contributed by atoms with van der Waals surface area (Å²) in [6.07, 6.45) is 5.92. The van der Waals surface area contributed by atoms with Crippen molar-refractivity contribution in [3.8, 4) is 0 Å². The van der Waals surface area contributed by atoms with E-state index in [2.05, 4.69) is 51.0 Å². The van der Waals surface area contributed by atoms with E-state index in [-0.39, 0.29) is 0 Å². The number of hydrogen-bond acceptors (Lipinski definition) is 2. The predicted octanol–water partition coefficient (Wildman–Crippen LogP) is 7.72. The van der Waals surface area contributed by atoms with E-state index < -0.39 is 21.3 Å². The number of rotatable bonds is 2. The standard InChI is InChI=1S/C9H13.2C6H6S.C6H7.CH2.Zr/c1-6-5-7(2)9(4)8(6)3;2*7-6-4-2-1-3-5-6;1-6-4-2-3-5-6;;/h6H,1-4H3;2*1-5,7H;4-5H,2H2,1H3;1H2;/q;;;;;+2/p-2. The Morgan fingerprint density at radius 2 is 1.29 bits per heavy atom. The van der Waals surface area contributed by atoms with Gasteiger partial charge in [0.15, 0.2) is 0 Å². The Balaban J connectivity index is 0.000000199. The molecule has 0 radical (unpaired) electrons. The van der Waals surface area contributed by atoms with Crippen molar-refractivity contribution < 1.29 is 21.3 Å². The molecule has 2 aliphatic carbocycles. The minimum Gasteiger partial charge on any atom is -0.780 e. The number of allylic oxidation sites excluding steroid dienone is 8. The van der Waals surface area contributed by atoms with Crippen LogP contribution in [0, 0.1) is 5.92 Å². The molecule has 160 valence electrons. The molecule has 0 spiro atoms. The van der Waals surface area contributed by atoms with E-state index in [1.807, 2.05) is 60.7 Å². The third kappa shape index (κ3) is 7.60. The molecule has 2 aliphatic rings. The van der Waals surface area contributed by atoms with Crippen LogP contribution in [0.25, 0.3) is 0 Å². The van der Waals surface area contributed by atoms with Gasteiger partial charge in [-0.15, -0.1) is 0 Å². The maximum atomic E-state index is 4.81. The Hall–Kier alpha value is -1.41. The maximum absolute atomic E-state index is 4.81. The first kappa shape index (κ1) is 25.9. The molecule has 2 aromatic rings. The predicted molar refractivity (Wildman–Crippen MR) is 138 cm³/mol. The Labute approximate surface area is 207 Å². The molecule has 1 unspecified atom stereocenters. The Bertz CT molecular complexity index is 988. The molecule has 1 atom stereocenters. The van der Waals surface area contributed by atoms with Crippen molar-refractivity contribution in [1.82, 2.24) is 0 Å². The van der Waals surface area contributed by atoms with Crippen molar-refractivity contribution in [2.24, 2.45) is 5.92 Å². The fourth-order valence-electron chi connectivity index (χ4n) is 3.74. The van der Waals surface area contributed by atoms with Gasteiger partial charge >= 0.3 is 113 Å². The fraction of sp³-hybridized carbons (Fsp3) is 0.250. The molecule has 0 N–H and O–H groups in total. The molecule has 3 heteroatoms. The average molecular weight is 524 g/mol. The SMILES string of the molecule is [CH2]=[Zr+2]([C]1=CC(C)=CC1)[C]1=C(C)C(C)=C(C)C1C.[S-]c1ccccc1.[S-]c1ccccc1. The maximum Gasteiger partial charge on any atom is -0.0624 e. The van der Waals surface area contributed by atoms with Crippen LogP contribution < -0.4 is 0 Å². The van der Waals surface area contributed by atoms with Crippen molar-refractivity contribution in [3.63, 3.8) is 0 Å². The van der Waals surface area contributed by atoms with Crippen LogP contribution in [-0.2, 0) is 46.5 Å². The number of benzene rings is 2. The van der Waals surface area contributed by atoms with Gasteiger partial charge in [0, 0.05) is 0 Å². The molecular weight excluding hydrogens is 492 g/mol. The van der Waals surface area contributed by atoms with Crippen LogP contribution in [0.4, 0.5) is 0 Å². The van der Waals surface area contributed by atoms with E-state index >= 15 is 0 Å². The third-order valence-corrected chi connectivity index (χ3v) is 12.8. The van der Waals surface area contributed by atoms with Crippen LogP contribution in [0.1, 0.15) is 41.0 Å². The van der Waals surface area contributed by atoms with Gasteiger partial charge < -0.3 is 25.3 Å². The summed E-state index contributed by atoms with van der Waals surface area (Å²) in [4.78, 5) is 1.81. The first-order chi connectivity index (χ1) is 14.7. The summed E-state index contributed by atoms with van der Waals surface area (Å²) in [6.45, 7) is 11.4. The molecule has 0 bridgehead atoms. The summed E-state index contributed by atoms with van der Waals surface area (Å²) in [6, 6.07) is 19.2. The summed E-state index contributed by atoms with van der Waals surface area (Å²) in [5, 5.41) is 0. The Morgan fingerprint density at radius 1 is 0.806 bits per heavy atom. The van der Waals surface area contributed by atoms with Gasteiger partial charge in [-0.3, -0.25) is 0 Å². The minimum absolute atomic E-state index is 0.656. The molecule has 0 fully saturated rings. The van der Waals surface area contributed by atoms with E-state index in [1.165, 1.54) is 17.6 Å². The second-order valence-electron chi connectivity index (χ2n) is 7.99. The third-order valence-electron chi connectivity index (χ3n) is 5.89. The second-order valence-corrected chi connectivity index (χ2v) is 14.2. The Kier molecular flexibility index (Phi) is 10.5. The molecular formula is C28H32S2Zr. The Morgan fingerprint density at radius 3 is 1.58 bits per heavy atom. The molecule has 0 saturated heterocycles. The molecule has 0 aliphatic heterocycles. The van der Waals surface area contributed by atoms with Crippen LogP contribution in [0.5, 0.6) is 0 Å². The molecule has 2 aromatic carbocycles. The number of hydrogen-bond donors (Lipinski definition) is 0. The van der Waals surface area contributed by atoms with Gasteiger partial charge in [-0.1, -0.05) is 60.7 Å². The normalized spacial score (nSPS) is 17.0. The minimum atomic E-state index is -1.76. The summed E-state index contributed by atoms with van der Waals surface area (Å²) in [5.41, 5.74) is 6.09. The molecule has 31 heavy (non-hydrogen) atoms. The van der Waals surface area contributed by atoms with E-state index in [9.17, 15) is 0 Å². The zero-order chi connectivity index (χ0) is 23.0.